The highest BCUT2D eigenvalue weighted by atomic mass is 16.4. The Kier molecular flexibility index (Phi) is 3.90. The number of carbonyl (C=O) groups excluding carboxylic acids is 1. The molecule has 3 aromatic rings. The SMILES string of the molecule is CCN(CC)C(=O)Cn1ncc2c(=O)oc3ccc(C)cc3c21. The zero-order valence-electron chi connectivity index (χ0n) is 13.5. The number of amides is 1. The second-order valence-electron chi connectivity index (χ2n) is 5.52. The molecular formula is C17H19N3O3. The summed E-state index contributed by atoms with van der Waals surface area (Å²) in [6.07, 6.45) is 1.47. The fraction of sp³-hybridized carbons (Fsp3) is 0.353. The van der Waals surface area contributed by atoms with Crippen LogP contribution in [0.5, 0.6) is 0 Å². The standard InChI is InChI=1S/C17H19N3O3/c1-4-19(5-2)15(21)10-20-16-12-8-11(3)6-7-14(12)23-17(22)13(16)9-18-20/h6-9H,4-5,10H2,1-3H3. The van der Waals surface area contributed by atoms with E-state index in [0.717, 1.165) is 10.9 Å². The van der Waals surface area contributed by atoms with E-state index in [0.29, 0.717) is 29.6 Å². The quantitative estimate of drug-likeness (QED) is 0.693. The molecule has 0 spiro atoms. The van der Waals surface area contributed by atoms with E-state index in [1.165, 1.54) is 6.20 Å². The van der Waals surface area contributed by atoms with Gasteiger partial charge in [-0.15, -0.1) is 0 Å². The van der Waals surface area contributed by atoms with Crippen LogP contribution in [0, 0.1) is 6.92 Å². The Hall–Kier alpha value is -2.63. The number of fused-ring (bicyclic) bond motifs is 3. The minimum absolute atomic E-state index is 0.0194. The molecule has 0 radical (unpaired) electrons. The minimum Gasteiger partial charge on any atom is -0.422 e. The van der Waals surface area contributed by atoms with Crippen molar-refractivity contribution in [1.82, 2.24) is 14.7 Å². The van der Waals surface area contributed by atoms with Gasteiger partial charge in [0.15, 0.2) is 0 Å². The Morgan fingerprint density at radius 3 is 2.70 bits per heavy atom. The lowest BCUT2D eigenvalue weighted by molar-refractivity contribution is -0.131. The molecule has 2 aromatic heterocycles. The molecule has 0 unspecified atom stereocenters. The Morgan fingerprint density at radius 2 is 2.00 bits per heavy atom. The number of aryl methyl sites for hydroxylation is 1. The summed E-state index contributed by atoms with van der Waals surface area (Å²) in [7, 11) is 0. The fourth-order valence-electron chi connectivity index (χ4n) is 2.82. The Balaban J connectivity index is 2.19. The maximum Gasteiger partial charge on any atom is 0.347 e. The van der Waals surface area contributed by atoms with Crippen LogP contribution in [-0.2, 0) is 11.3 Å². The number of hydrogen-bond acceptors (Lipinski definition) is 4. The highest BCUT2D eigenvalue weighted by Gasteiger charge is 2.17. The van der Waals surface area contributed by atoms with E-state index in [9.17, 15) is 9.59 Å². The molecular weight excluding hydrogens is 294 g/mol. The summed E-state index contributed by atoms with van der Waals surface area (Å²) in [4.78, 5) is 26.2. The number of rotatable bonds is 4. The number of hydrogen-bond donors (Lipinski definition) is 0. The first kappa shape index (κ1) is 15.3. The van der Waals surface area contributed by atoms with Gasteiger partial charge in [0, 0.05) is 18.5 Å². The van der Waals surface area contributed by atoms with E-state index < -0.39 is 5.63 Å². The summed E-state index contributed by atoms with van der Waals surface area (Å²) >= 11 is 0. The largest absolute Gasteiger partial charge is 0.422 e. The summed E-state index contributed by atoms with van der Waals surface area (Å²) in [5.74, 6) is -0.0194. The molecule has 0 bridgehead atoms. The molecule has 1 amide bonds. The van der Waals surface area contributed by atoms with Gasteiger partial charge in [0.2, 0.25) is 5.91 Å². The lowest BCUT2D eigenvalue weighted by atomic mass is 10.1. The predicted molar refractivity (Wildman–Crippen MR) is 88.4 cm³/mol. The summed E-state index contributed by atoms with van der Waals surface area (Å²) < 4.78 is 6.93. The van der Waals surface area contributed by atoms with Crippen molar-refractivity contribution in [3.8, 4) is 0 Å². The molecule has 0 saturated carbocycles. The van der Waals surface area contributed by atoms with Gasteiger partial charge in [0.25, 0.3) is 0 Å². The molecule has 0 fully saturated rings. The maximum absolute atomic E-state index is 12.4. The average Bonchev–Trinajstić information content (AvgIpc) is 2.94. The first-order chi connectivity index (χ1) is 11.0. The molecule has 23 heavy (non-hydrogen) atoms. The third-order valence-corrected chi connectivity index (χ3v) is 4.05. The van der Waals surface area contributed by atoms with Crippen molar-refractivity contribution in [2.75, 3.05) is 13.1 Å². The van der Waals surface area contributed by atoms with Crippen molar-refractivity contribution < 1.29 is 9.21 Å². The first-order valence-electron chi connectivity index (χ1n) is 7.72. The Morgan fingerprint density at radius 1 is 1.26 bits per heavy atom. The third kappa shape index (κ3) is 2.60. The van der Waals surface area contributed by atoms with E-state index in [2.05, 4.69) is 5.10 Å². The third-order valence-electron chi connectivity index (χ3n) is 4.05. The van der Waals surface area contributed by atoms with Crippen molar-refractivity contribution in [2.45, 2.75) is 27.3 Å². The van der Waals surface area contributed by atoms with Crippen LogP contribution >= 0.6 is 0 Å². The lowest BCUT2D eigenvalue weighted by Gasteiger charge is -2.18. The van der Waals surface area contributed by atoms with Crippen LogP contribution in [0.2, 0.25) is 0 Å². The Bertz CT molecular complexity index is 935. The number of carbonyl (C=O) groups is 1. The zero-order valence-corrected chi connectivity index (χ0v) is 13.5. The molecule has 1 aromatic carbocycles. The van der Waals surface area contributed by atoms with Crippen molar-refractivity contribution >= 4 is 27.8 Å². The van der Waals surface area contributed by atoms with Crippen molar-refractivity contribution in [1.29, 1.82) is 0 Å². The van der Waals surface area contributed by atoms with Gasteiger partial charge in [-0.2, -0.15) is 5.10 Å². The summed E-state index contributed by atoms with van der Waals surface area (Å²) in [5.41, 5.74) is 1.78. The molecule has 0 atom stereocenters. The second-order valence-corrected chi connectivity index (χ2v) is 5.52. The van der Waals surface area contributed by atoms with Gasteiger partial charge in [-0.05, 0) is 32.9 Å². The van der Waals surface area contributed by atoms with E-state index in [1.54, 1.807) is 15.6 Å². The highest BCUT2D eigenvalue weighted by Crippen LogP contribution is 2.23. The summed E-state index contributed by atoms with van der Waals surface area (Å²) in [6, 6.07) is 5.61. The molecule has 2 heterocycles. The maximum atomic E-state index is 12.4. The van der Waals surface area contributed by atoms with Crippen LogP contribution < -0.4 is 5.63 Å². The van der Waals surface area contributed by atoms with E-state index in [1.807, 2.05) is 32.9 Å². The van der Waals surface area contributed by atoms with Gasteiger partial charge in [0.05, 0.1) is 11.7 Å². The highest BCUT2D eigenvalue weighted by molar-refractivity contribution is 6.02. The van der Waals surface area contributed by atoms with Crippen LogP contribution in [0.3, 0.4) is 0 Å². The van der Waals surface area contributed by atoms with Crippen LogP contribution in [-0.4, -0.2) is 33.7 Å². The predicted octanol–water partition coefficient (Wildman–Crippen LogP) is 2.32. The second kappa shape index (κ2) is 5.87. The number of aromatic nitrogens is 2. The monoisotopic (exact) mass is 313 g/mol. The molecule has 3 rings (SSSR count). The molecule has 6 heteroatoms. The normalized spacial score (nSPS) is 11.3. The van der Waals surface area contributed by atoms with Gasteiger partial charge in [0.1, 0.15) is 17.5 Å². The summed E-state index contributed by atoms with van der Waals surface area (Å²) in [6.45, 7) is 7.26. The van der Waals surface area contributed by atoms with Crippen LogP contribution in [0.25, 0.3) is 21.9 Å². The molecule has 0 aliphatic heterocycles. The molecule has 6 nitrogen and oxygen atoms in total. The van der Waals surface area contributed by atoms with Crippen LogP contribution in [0.4, 0.5) is 0 Å². The van der Waals surface area contributed by atoms with Gasteiger partial charge in [-0.25, -0.2) is 4.79 Å². The van der Waals surface area contributed by atoms with Gasteiger partial charge in [-0.1, -0.05) is 11.6 Å². The van der Waals surface area contributed by atoms with Gasteiger partial charge >= 0.3 is 5.63 Å². The minimum atomic E-state index is -0.433. The molecule has 120 valence electrons. The van der Waals surface area contributed by atoms with Crippen LogP contribution in [0.15, 0.2) is 33.6 Å². The topological polar surface area (TPSA) is 68.3 Å². The van der Waals surface area contributed by atoms with Gasteiger partial charge in [-0.3, -0.25) is 9.48 Å². The molecule has 0 saturated heterocycles. The van der Waals surface area contributed by atoms with E-state index in [4.69, 9.17) is 4.42 Å². The number of nitrogens with zero attached hydrogens (tertiary/aromatic N) is 3. The van der Waals surface area contributed by atoms with E-state index in [-0.39, 0.29) is 12.5 Å². The van der Waals surface area contributed by atoms with Crippen molar-refractivity contribution in [3.05, 3.63) is 40.4 Å². The average molecular weight is 313 g/mol. The smallest absolute Gasteiger partial charge is 0.347 e. The molecule has 0 N–H and O–H groups in total. The zero-order chi connectivity index (χ0) is 16.6. The number of benzene rings is 1. The van der Waals surface area contributed by atoms with Crippen LogP contribution in [0.1, 0.15) is 19.4 Å². The molecule has 0 aliphatic rings. The van der Waals surface area contributed by atoms with Crippen molar-refractivity contribution in [2.24, 2.45) is 0 Å². The Labute approximate surface area is 133 Å². The van der Waals surface area contributed by atoms with E-state index >= 15 is 0 Å². The fourth-order valence-corrected chi connectivity index (χ4v) is 2.82. The summed E-state index contributed by atoms with van der Waals surface area (Å²) in [5, 5.41) is 5.43. The molecule has 0 aliphatic carbocycles. The van der Waals surface area contributed by atoms with Crippen molar-refractivity contribution in [3.63, 3.8) is 0 Å². The lowest BCUT2D eigenvalue weighted by Crippen LogP contribution is -2.33. The van der Waals surface area contributed by atoms with Gasteiger partial charge < -0.3 is 9.32 Å². The number of likely N-dealkylation sites (N-methyl/N-ethyl adjacent to an activating group) is 1. The first-order valence-corrected chi connectivity index (χ1v) is 7.72.